The van der Waals surface area contributed by atoms with E-state index in [-0.39, 0.29) is 0 Å². The Morgan fingerprint density at radius 2 is 1.07 bits per heavy atom. The van der Waals surface area contributed by atoms with E-state index in [1.165, 1.54) is 0 Å². The molecule has 0 aliphatic carbocycles. The fraction of sp³-hybridized carbons (Fsp3) is 0. The number of benzene rings is 7. The topological polar surface area (TPSA) is 51.8 Å². The Morgan fingerprint density at radius 3 is 1.80 bits per heavy atom. The molecule has 0 fully saturated rings. The van der Waals surface area contributed by atoms with Crippen LogP contribution in [0.15, 0.2) is 156 Å². The molecular formula is C41H25N3O. The van der Waals surface area contributed by atoms with Crippen LogP contribution in [0.5, 0.6) is 0 Å². The van der Waals surface area contributed by atoms with Crippen molar-refractivity contribution in [1.82, 2.24) is 15.0 Å². The van der Waals surface area contributed by atoms with Gasteiger partial charge in [-0.3, -0.25) is 0 Å². The van der Waals surface area contributed by atoms with E-state index in [0.717, 1.165) is 82.9 Å². The molecule has 0 aliphatic rings. The number of nitrogens with zero attached hydrogens (tertiary/aromatic N) is 3. The summed E-state index contributed by atoms with van der Waals surface area (Å²) in [5, 5.41) is 4.44. The van der Waals surface area contributed by atoms with Crippen molar-refractivity contribution in [3.05, 3.63) is 152 Å². The fourth-order valence-corrected chi connectivity index (χ4v) is 6.31. The minimum atomic E-state index is 0.630. The Kier molecular flexibility index (Phi) is 5.78. The van der Waals surface area contributed by atoms with Crippen LogP contribution in [0.25, 0.3) is 88.8 Å². The van der Waals surface area contributed by atoms with Crippen molar-refractivity contribution in [2.75, 3.05) is 0 Å². The average molecular weight is 576 g/mol. The summed E-state index contributed by atoms with van der Waals surface area (Å²) in [4.78, 5) is 15.3. The van der Waals surface area contributed by atoms with Crippen LogP contribution in [0.3, 0.4) is 0 Å². The molecule has 210 valence electrons. The second kappa shape index (κ2) is 10.2. The summed E-state index contributed by atoms with van der Waals surface area (Å²) in [6.45, 7) is 0. The number of hydrogen-bond donors (Lipinski definition) is 0. The summed E-state index contributed by atoms with van der Waals surface area (Å²) >= 11 is 0. The van der Waals surface area contributed by atoms with Crippen LogP contribution in [-0.2, 0) is 0 Å². The molecule has 0 radical (unpaired) electrons. The molecule has 0 spiro atoms. The van der Waals surface area contributed by atoms with Gasteiger partial charge in [-0.2, -0.15) is 0 Å². The van der Waals surface area contributed by atoms with Crippen LogP contribution in [0, 0.1) is 0 Å². The second-order valence-corrected chi connectivity index (χ2v) is 11.2. The minimum absolute atomic E-state index is 0.630. The van der Waals surface area contributed by atoms with Crippen molar-refractivity contribution in [3.63, 3.8) is 0 Å². The molecule has 0 saturated heterocycles. The average Bonchev–Trinajstić information content (AvgIpc) is 3.56. The van der Waals surface area contributed by atoms with Gasteiger partial charge in [-0.05, 0) is 52.1 Å². The van der Waals surface area contributed by atoms with Crippen molar-refractivity contribution < 1.29 is 4.42 Å². The summed E-state index contributed by atoms with van der Waals surface area (Å²) < 4.78 is 6.42. The Labute approximate surface area is 259 Å². The van der Waals surface area contributed by atoms with Crippen molar-refractivity contribution in [2.45, 2.75) is 0 Å². The van der Waals surface area contributed by atoms with E-state index in [4.69, 9.17) is 19.4 Å². The lowest BCUT2D eigenvalue weighted by atomic mass is 9.96. The number of para-hydroxylation sites is 1. The van der Waals surface area contributed by atoms with Gasteiger partial charge in [-0.1, -0.05) is 121 Å². The van der Waals surface area contributed by atoms with Crippen molar-refractivity contribution in [2.24, 2.45) is 0 Å². The summed E-state index contributed by atoms with van der Waals surface area (Å²) in [5.41, 5.74) is 10.3. The Hall–Kier alpha value is -6.13. The standard InChI is InChI=1S/C41H25N3O/c1-4-11-27(12-5-1)37-38(28-13-6-2-7-14-28)44-39-33(17-10-18-34(39)42-37)31-21-23-32-30(25-31)20-19-26-22-24-35-40(36(26)32)45-41(43-35)29-15-8-3-9-16-29/h1-25H. The lowest BCUT2D eigenvalue weighted by Gasteiger charge is -2.13. The zero-order valence-corrected chi connectivity index (χ0v) is 24.2. The molecule has 0 aliphatic heterocycles. The van der Waals surface area contributed by atoms with Crippen LogP contribution in [0.1, 0.15) is 0 Å². The summed E-state index contributed by atoms with van der Waals surface area (Å²) in [5.74, 6) is 0.630. The summed E-state index contributed by atoms with van der Waals surface area (Å²) in [7, 11) is 0. The number of oxazole rings is 1. The Bertz CT molecular complexity index is 2520. The van der Waals surface area contributed by atoms with E-state index >= 15 is 0 Å². The summed E-state index contributed by atoms with van der Waals surface area (Å²) in [6, 6.07) is 52.0. The normalized spacial score (nSPS) is 11.6. The quantitative estimate of drug-likeness (QED) is 0.196. The molecule has 4 heteroatoms. The van der Waals surface area contributed by atoms with Crippen molar-refractivity contribution >= 4 is 43.7 Å². The Balaban J connectivity index is 1.24. The number of aromatic nitrogens is 3. The van der Waals surface area contributed by atoms with Gasteiger partial charge >= 0.3 is 0 Å². The molecule has 2 aromatic heterocycles. The maximum atomic E-state index is 6.42. The molecule has 45 heavy (non-hydrogen) atoms. The molecule has 4 nitrogen and oxygen atoms in total. The first-order chi connectivity index (χ1) is 22.3. The van der Waals surface area contributed by atoms with Gasteiger partial charge in [0.15, 0.2) is 5.58 Å². The second-order valence-electron chi connectivity index (χ2n) is 11.2. The van der Waals surface area contributed by atoms with Gasteiger partial charge < -0.3 is 4.42 Å². The predicted octanol–water partition coefficient (Wildman–Crippen LogP) is 10.7. The fourth-order valence-electron chi connectivity index (χ4n) is 6.31. The van der Waals surface area contributed by atoms with Crippen molar-refractivity contribution in [1.29, 1.82) is 0 Å². The molecule has 7 aromatic carbocycles. The third-order valence-corrected chi connectivity index (χ3v) is 8.47. The number of rotatable bonds is 4. The first-order valence-corrected chi connectivity index (χ1v) is 15.0. The zero-order chi connectivity index (χ0) is 29.7. The Morgan fingerprint density at radius 1 is 0.422 bits per heavy atom. The highest BCUT2D eigenvalue weighted by molar-refractivity contribution is 6.18. The van der Waals surface area contributed by atoms with Crippen molar-refractivity contribution in [3.8, 4) is 45.1 Å². The van der Waals surface area contributed by atoms with Crippen LogP contribution in [-0.4, -0.2) is 15.0 Å². The van der Waals surface area contributed by atoms with Crippen LogP contribution in [0.4, 0.5) is 0 Å². The van der Waals surface area contributed by atoms with Gasteiger partial charge in [0.2, 0.25) is 5.89 Å². The van der Waals surface area contributed by atoms with Gasteiger partial charge in [0, 0.05) is 27.6 Å². The SMILES string of the molecule is c1ccc(-c2nc3ccc4ccc5cc(-c6cccc7nc(-c8ccccc8)c(-c8ccccc8)nc67)ccc5c4c3o2)cc1. The van der Waals surface area contributed by atoms with E-state index < -0.39 is 0 Å². The van der Waals surface area contributed by atoms with E-state index in [2.05, 4.69) is 72.8 Å². The van der Waals surface area contributed by atoms with Gasteiger partial charge in [-0.25, -0.2) is 15.0 Å². The first-order valence-electron chi connectivity index (χ1n) is 15.0. The molecule has 9 rings (SSSR count). The zero-order valence-electron chi connectivity index (χ0n) is 24.2. The number of fused-ring (bicyclic) bond motifs is 6. The monoisotopic (exact) mass is 575 g/mol. The lowest BCUT2D eigenvalue weighted by molar-refractivity contribution is 0.623. The van der Waals surface area contributed by atoms with E-state index in [1.807, 2.05) is 78.9 Å². The van der Waals surface area contributed by atoms with Crippen LogP contribution < -0.4 is 0 Å². The highest BCUT2D eigenvalue weighted by Crippen LogP contribution is 2.38. The maximum absolute atomic E-state index is 6.42. The smallest absolute Gasteiger partial charge is 0.227 e. The first kappa shape index (κ1) is 25.4. The van der Waals surface area contributed by atoms with E-state index in [1.54, 1.807) is 0 Å². The maximum Gasteiger partial charge on any atom is 0.227 e. The molecular weight excluding hydrogens is 550 g/mol. The molecule has 0 N–H and O–H groups in total. The largest absolute Gasteiger partial charge is 0.435 e. The van der Waals surface area contributed by atoms with E-state index in [0.29, 0.717) is 5.89 Å². The molecule has 0 atom stereocenters. The predicted molar refractivity (Wildman–Crippen MR) is 184 cm³/mol. The van der Waals surface area contributed by atoms with Gasteiger partial charge in [0.1, 0.15) is 5.52 Å². The third-order valence-electron chi connectivity index (χ3n) is 8.47. The van der Waals surface area contributed by atoms with Gasteiger partial charge in [-0.15, -0.1) is 0 Å². The van der Waals surface area contributed by atoms with Crippen LogP contribution in [0.2, 0.25) is 0 Å². The third kappa shape index (κ3) is 4.27. The molecule has 9 aromatic rings. The van der Waals surface area contributed by atoms with Gasteiger partial charge in [0.25, 0.3) is 0 Å². The number of hydrogen-bond acceptors (Lipinski definition) is 4. The van der Waals surface area contributed by atoms with E-state index in [9.17, 15) is 0 Å². The lowest BCUT2D eigenvalue weighted by Crippen LogP contribution is -1.97. The minimum Gasteiger partial charge on any atom is -0.435 e. The molecule has 0 amide bonds. The molecule has 0 unspecified atom stereocenters. The van der Waals surface area contributed by atoms with Gasteiger partial charge in [0.05, 0.1) is 22.4 Å². The highest BCUT2D eigenvalue weighted by atomic mass is 16.3. The molecule has 0 saturated carbocycles. The molecule has 0 bridgehead atoms. The van der Waals surface area contributed by atoms with Crippen LogP contribution >= 0.6 is 0 Å². The highest BCUT2D eigenvalue weighted by Gasteiger charge is 2.17. The summed E-state index contributed by atoms with van der Waals surface area (Å²) in [6.07, 6.45) is 0. The molecule has 2 heterocycles.